The van der Waals surface area contributed by atoms with Crippen LogP contribution >= 0.6 is 11.8 Å². The van der Waals surface area contributed by atoms with Crippen LogP contribution in [-0.4, -0.2) is 17.3 Å². The van der Waals surface area contributed by atoms with Crippen molar-refractivity contribution in [2.24, 2.45) is 0 Å². The number of hydrogen-bond donors (Lipinski definition) is 1. The third-order valence-corrected chi connectivity index (χ3v) is 3.97. The number of nitriles is 1. The molecular formula is C14H18N2S. The molecule has 1 saturated carbocycles. The summed E-state index contributed by atoms with van der Waals surface area (Å²) in [5.74, 6) is 0.980. The number of nitrogens with one attached hydrogen (secondary N) is 1. The molecule has 3 heteroatoms. The van der Waals surface area contributed by atoms with Gasteiger partial charge in [-0.25, -0.2) is 0 Å². The van der Waals surface area contributed by atoms with E-state index in [1.165, 1.54) is 17.7 Å². The van der Waals surface area contributed by atoms with Gasteiger partial charge in [0.25, 0.3) is 0 Å². The molecule has 0 bridgehead atoms. The zero-order chi connectivity index (χ0) is 12.1. The molecule has 1 atom stereocenters. The molecule has 1 aromatic rings. The summed E-state index contributed by atoms with van der Waals surface area (Å²) in [5.41, 5.74) is -0.358. The Labute approximate surface area is 107 Å². The van der Waals surface area contributed by atoms with Crippen molar-refractivity contribution < 1.29 is 0 Å². The first-order chi connectivity index (χ1) is 8.22. The molecule has 1 N–H and O–H groups in total. The summed E-state index contributed by atoms with van der Waals surface area (Å²) in [5, 5.41) is 12.7. The summed E-state index contributed by atoms with van der Waals surface area (Å²) in [6.45, 7) is 2.01. The van der Waals surface area contributed by atoms with Crippen molar-refractivity contribution in [1.29, 1.82) is 5.26 Å². The minimum absolute atomic E-state index is 0.358. The van der Waals surface area contributed by atoms with Gasteiger partial charge in [0.2, 0.25) is 0 Å². The number of thioether (sulfide) groups is 1. The van der Waals surface area contributed by atoms with Gasteiger partial charge in [0.05, 0.1) is 6.07 Å². The summed E-state index contributed by atoms with van der Waals surface area (Å²) >= 11 is 1.82. The third kappa shape index (κ3) is 4.07. The lowest BCUT2D eigenvalue weighted by Gasteiger charge is -2.22. The third-order valence-electron chi connectivity index (χ3n) is 2.96. The molecular weight excluding hydrogens is 228 g/mol. The van der Waals surface area contributed by atoms with Gasteiger partial charge in [-0.05, 0) is 38.3 Å². The van der Waals surface area contributed by atoms with Crippen LogP contribution in [0.4, 0.5) is 0 Å². The molecule has 0 aromatic heterocycles. The number of rotatable bonds is 6. The Morgan fingerprint density at radius 1 is 1.41 bits per heavy atom. The van der Waals surface area contributed by atoms with Crippen molar-refractivity contribution in [3.05, 3.63) is 30.3 Å². The van der Waals surface area contributed by atoms with Gasteiger partial charge < -0.3 is 0 Å². The van der Waals surface area contributed by atoms with Crippen LogP contribution in [0.3, 0.4) is 0 Å². The second kappa shape index (κ2) is 5.57. The van der Waals surface area contributed by atoms with E-state index < -0.39 is 0 Å². The van der Waals surface area contributed by atoms with Crippen molar-refractivity contribution in [1.82, 2.24) is 5.32 Å². The highest BCUT2D eigenvalue weighted by atomic mass is 32.2. The van der Waals surface area contributed by atoms with Crippen LogP contribution in [0.1, 0.15) is 26.2 Å². The van der Waals surface area contributed by atoms with Gasteiger partial charge in [0.15, 0.2) is 0 Å². The van der Waals surface area contributed by atoms with Crippen LogP contribution in [0.15, 0.2) is 35.2 Å². The molecule has 2 nitrogen and oxygen atoms in total. The molecule has 0 spiro atoms. The molecule has 2 rings (SSSR count). The quantitative estimate of drug-likeness (QED) is 0.783. The lowest BCUT2D eigenvalue weighted by atomic mass is 10.0. The maximum Gasteiger partial charge on any atom is 0.104 e. The molecule has 0 heterocycles. The zero-order valence-electron chi connectivity index (χ0n) is 10.1. The van der Waals surface area contributed by atoms with E-state index in [9.17, 15) is 5.26 Å². The number of hydrogen-bond acceptors (Lipinski definition) is 3. The Morgan fingerprint density at radius 3 is 2.71 bits per heavy atom. The normalized spacial score (nSPS) is 18.4. The van der Waals surface area contributed by atoms with E-state index in [1.54, 1.807) is 0 Å². The van der Waals surface area contributed by atoms with Gasteiger partial charge in [-0.2, -0.15) is 5.26 Å². The molecule has 1 unspecified atom stereocenters. The highest BCUT2D eigenvalue weighted by Crippen LogP contribution is 2.26. The van der Waals surface area contributed by atoms with Crippen LogP contribution in [0.25, 0.3) is 0 Å². The lowest BCUT2D eigenvalue weighted by molar-refractivity contribution is 0.434. The van der Waals surface area contributed by atoms with E-state index in [0.29, 0.717) is 6.04 Å². The molecule has 17 heavy (non-hydrogen) atoms. The first-order valence-electron chi connectivity index (χ1n) is 6.09. The van der Waals surface area contributed by atoms with E-state index in [4.69, 9.17) is 0 Å². The minimum Gasteiger partial charge on any atom is -0.297 e. The van der Waals surface area contributed by atoms with Crippen molar-refractivity contribution in [3.63, 3.8) is 0 Å². The second-order valence-electron chi connectivity index (χ2n) is 4.77. The van der Waals surface area contributed by atoms with Gasteiger partial charge >= 0.3 is 0 Å². The van der Waals surface area contributed by atoms with Crippen molar-refractivity contribution >= 4 is 11.8 Å². The van der Waals surface area contributed by atoms with Crippen LogP contribution in [0.5, 0.6) is 0 Å². The Bertz CT molecular complexity index is 394. The minimum atomic E-state index is -0.358. The molecule has 1 fully saturated rings. The van der Waals surface area contributed by atoms with Gasteiger partial charge in [-0.3, -0.25) is 5.32 Å². The average molecular weight is 246 g/mol. The molecule has 90 valence electrons. The standard InChI is InChI=1S/C14H18N2S/c1-14(11-15,16-12-7-8-12)9-10-17-13-5-3-2-4-6-13/h2-6,12,16H,7-10H2,1H3. The van der Waals surface area contributed by atoms with Crippen molar-refractivity contribution in [2.45, 2.75) is 42.7 Å². The maximum absolute atomic E-state index is 9.24. The second-order valence-corrected chi connectivity index (χ2v) is 5.94. The average Bonchev–Trinajstić information content (AvgIpc) is 3.14. The van der Waals surface area contributed by atoms with E-state index in [-0.39, 0.29) is 5.54 Å². The largest absolute Gasteiger partial charge is 0.297 e. The Balaban J connectivity index is 1.78. The molecule has 1 aliphatic rings. The van der Waals surface area contributed by atoms with Crippen LogP contribution in [0.2, 0.25) is 0 Å². The van der Waals surface area contributed by atoms with E-state index in [1.807, 2.05) is 36.9 Å². The predicted octanol–water partition coefficient (Wildman–Crippen LogP) is 3.20. The highest BCUT2D eigenvalue weighted by Gasteiger charge is 2.31. The van der Waals surface area contributed by atoms with Crippen molar-refractivity contribution in [2.75, 3.05) is 5.75 Å². The predicted molar refractivity (Wildman–Crippen MR) is 72.0 cm³/mol. The van der Waals surface area contributed by atoms with Crippen LogP contribution < -0.4 is 5.32 Å². The summed E-state index contributed by atoms with van der Waals surface area (Å²) in [7, 11) is 0. The summed E-state index contributed by atoms with van der Waals surface area (Å²) in [6, 6.07) is 13.3. The van der Waals surface area contributed by atoms with Gasteiger partial charge in [-0.1, -0.05) is 18.2 Å². The smallest absolute Gasteiger partial charge is 0.104 e. The van der Waals surface area contributed by atoms with Gasteiger partial charge in [-0.15, -0.1) is 11.8 Å². The SMILES string of the molecule is CC(C#N)(CCSc1ccccc1)NC1CC1. The zero-order valence-corrected chi connectivity index (χ0v) is 11.0. The number of benzene rings is 1. The molecule has 0 aliphatic heterocycles. The monoisotopic (exact) mass is 246 g/mol. The summed E-state index contributed by atoms with van der Waals surface area (Å²) in [6.07, 6.45) is 3.34. The van der Waals surface area contributed by atoms with Crippen LogP contribution in [-0.2, 0) is 0 Å². The first kappa shape index (κ1) is 12.5. The first-order valence-corrected chi connectivity index (χ1v) is 7.07. The van der Waals surface area contributed by atoms with E-state index in [2.05, 4.69) is 23.5 Å². The highest BCUT2D eigenvalue weighted by molar-refractivity contribution is 7.99. The molecule has 1 aliphatic carbocycles. The van der Waals surface area contributed by atoms with E-state index >= 15 is 0 Å². The summed E-state index contributed by atoms with van der Waals surface area (Å²) < 4.78 is 0. The molecule has 0 amide bonds. The fourth-order valence-electron chi connectivity index (χ4n) is 1.73. The van der Waals surface area contributed by atoms with Gasteiger partial charge in [0.1, 0.15) is 5.54 Å². The molecule has 1 aromatic carbocycles. The molecule has 0 saturated heterocycles. The summed E-state index contributed by atoms with van der Waals surface area (Å²) in [4.78, 5) is 1.28. The van der Waals surface area contributed by atoms with Gasteiger partial charge in [0, 0.05) is 16.7 Å². The maximum atomic E-state index is 9.24. The topological polar surface area (TPSA) is 35.8 Å². The van der Waals surface area contributed by atoms with Crippen LogP contribution in [0, 0.1) is 11.3 Å². The Hall–Kier alpha value is -0.980. The van der Waals surface area contributed by atoms with Crippen molar-refractivity contribution in [3.8, 4) is 6.07 Å². The number of nitrogens with zero attached hydrogens (tertiary/aromatic N) is 1. The fourth-order valence-corrected chi connectivity index (χ4v) is 2.82. The fraction of sp³-hybridized carbons (Fsp3) is 0.500. The van der Waals surface area contributed by atoms with E-state index in [0.717, 1.165) is 12.2 Å². The molecule has 0 radical (unpaired) electrons. The lowest BCUT2D eigenvalue weighted by Crippen LogP contribution is -2.42. The Kier molecular flexibility index (Phi) is 4.09. The Morgan fingerprint density at radius 2 is 2.12 bits per heavy atom.